The normalized spacial score (nSPS) is 18.3. The first-order valence-electron chi connectivity index (χ1n) is 7.49. The minimum absolute atomic E-state index is 0.552. The first kappa shape index (κ1) is 14.5. The zero-order valence-electron chi connectivity index (χ0n) is 12.4. The molecule has 4 nitrogen and oxygen atoms in total. The van der Waals surface area contributed by atoms with E-state index in [9.17, 15) is 0 Å². The van der Waals surface area contributed by atoms with Gasteiger partial charge in [0.2, 0.25) is 5.13 Å². The molecule has 0 N–H and O–H groups in total. The summed E-state index contributed by atoms with van der Waals surface area (Å²) in [6, 6.07) is 11.3. The van der Waals surface area contributed by atoms with Gasteiger partial charge in [-0.15, -0.1) is 0 Å². The Balaban J connectivity index is 1.67. The van der Waals surface area contributed by atoms with Gasteiger partial charge in [0.25, 0.3) is 0 Å². The van der Waals surface area contributed by atoms with Crippen LogP contribution in [-0.2, 0) is 17.6 Å². The number of ether oxygens (including phenoxy) is 1. The lowest BCUT2D eigenvalue weighted by molar-refractivity contribution is 0.201. The third-order valence-electron chi connectivity index (χ3n) is 3.92. The summed E-state index contributed by atoms with van der Waals surface area (Å²) in [7, 11) is 1.71. The quantitative estimate of drug-likeness (QED) is 0.822. The Hall–Kier alpha value is -1.46. The van der Waals surface area contributed by atoms with E-state index in [2.05, 4.69) is 44.6 Å². The molecule has 112 valence electrons. The summed E-state index contributed by atoms with van der Waals surface area (Å²) >= 11 is 1.52. The number of benzene rings is 1. The fourth-order valence-corrected chi connectivity index (χ4v) is 3.65. The fraction of sp³-hybridized carbons (Fsp3) is 0.500. The van der Waals surface area contributed by atoms with Crippen molar-refractivity contribution in [1.29, 1.82) is 0 Å². The molecule has 1 aliphatic heterocycles. The zero-order chi connectivity index (χ0) is 14.5. The van der Waals surface area contributed by atoms with E-state index >= 15 is 0 Å². The van der Waals surface area contributed by atoms with Crippen LogP contribution in [0.4, 0.5) is 5.13 Å². The summed E-state index contributed by atoms with van der Waals surface area (Å²) in [5, 5.41) is 1.07. The van der Waals surface area contributed by atoms with E-state index in [-0.39, 0.29) is 0 Å². The second kappa shape index (κ2) is 7.00. The Bertz CT molecular complexity index is 558. The molecule has 0 spiro atoms. The van der Waals surface area contributed by atoms with Crippen molar-refractivity contribution < 1.29 is 4.74 Å². The van der Waals surface area contributed by atoms with Crippen LogP contribution < -0.4 is 4.90 Å². The largest absolute Gasteiger partial charge is 0.384 e. The van der Waals surface area contributed by atoms with E-state index in [1.165, 1.54) is 29.9 Å². The van der Waals surface area contributed by atoms with Crippen LogP contribution >= 0.6 is 11.5 Å². The molecule has 3 rings (SSSR count). The third kappa shape index (κ3) is 3.60. The van der Waals surface area contributed by atoms with Gasteiger partial charge in [-0.25, -0.2) is 4.98 Å². The molecule has 0 amide bonds. The summed E-state index contributed by atoms with van der Waals surface area (Å²) in [6.07, 6.45) is 4.37. The van der Waals surface area contributed by atoms with E-state index in [0.717, 1.165) is 30.3 Å². The Morgan fingerprint density at radius 1 is 1.33 bits per heavy atom. The van der Waals surface area contributed by atoms with Gasteiger partial charge in [-0.1, -0.05) is 30.3 Å². The van der Waals surface area contributed by atoms with Crippen LogP contribution in [0.2, 0.25) is 0 Å². The van der Waals surface area contributed by atoms with Gasteiger partial charge in [0.05, 0.1) is 6.61 Å². The summed E-state index contributed by atoms with van der Waals surface area (Å²) in [5.41, 5.74) is 1.40. The maximum Gasteiger partial charge on any atom is 0.205 e. The fourth-order valence-electron chi connectivity index (χ4n) is 2.84. The average molecular weight is 303 g/mol. The van der Waals surface area contributed by atoms with Crippen LogP contribution in [0.25, 0.3) is 0 Å². The summed E-state index contributed by atoms with van der Waals surface area (Å²) in [4.78, 5) is 7.11. The van der Waals surface area contributed by atoms with Gasteiger partial charge in [-0.2, -0.15) is 4.37 Å². The Labute approximate surface area is 129 Å². The first-order valence-corrected chi connectivity index (χ1v) is 8.26. The number of rotatable bonds is 6. The van der Waals surface area contributed by atoms with Crippen molar-refractivity contribution in [2.24, 2.45) is 0 Å². The lowest BCUT2D eigenvalue weighted by atomic mass is 10.0. The molecule has 0 radical (unpaired) electrons. The standard InChI is InChI=1S/C16H21N3OS/c1-20-11-9-15-17-16(21-18-15)19-10-5-8-14(19)12-13-6-3-2-4-7-13/h2-4,6-7,14H,5,8-12H2,1H3. The smallest absolute Gasteiger partial charge is 0.205 e. The molecular formula is C16H21N3OS. The van der Waals surface area contributed by atoms with Crippen molar-refractivity contribution >= 4 is 16.7 Å². The highest BCUT2D eigenvalue weighted by molar-refractivity contribution is 7.09. The molecule has 0 saturated carbocycles. The second-order valence-corrected chi connectivity index (χ2v) is 6.15. The van der Waals surface area contributed by atoms with Crippen molar-refractivity contribution in [3.8, 4) is 0 Å². The molecule has 1 unspecified atom stereocenters. The predicted molar refractivity (Wildman–Crippen MR) is 86.0 cm³/mol. The number of hydrogen-bond acceptors (Lipinski definition) is 5. The summed E-state index contributed by atoms with van der Waals surface area (Å²) < 4.78 is 9.54. The van der Waals surface area contributed by atoms with E-state index < -0.39 is 0 Å². The van der Waals surface area contributed by atoms with E-state index in [0.29, 0.717) is 12.6 Å². The lowest BCUT2D eigenvalue weighted by Gasteiger charge is -2.23. The molecule has 21 heavy (non-hydrogen) atoms. The number of hydrogen-bond donors (Lipinski definition) is 0. The highest BCUT2D eigenvalue weighted by Gasteiger charge is 2.27. The van der Waals surface area contributed by atoms with Gasteiger partial charge < -0.3 is 9.64 Å². The molecule has 1 fully saturated rings. The third-order valence-corrected chi connectivity index (χ3v) is 4.72. The van der Waals surface area contributed by atoms with E-state index in [4.69, 9.17) is 4.74 Å². The number of anilines is 1. The van der Waals surface area contributed by atoms with Crippen LogP contribution in [0, 0.1) is 0 Å². The molecule has 1 aliphatic rings. The molecule has 1 atom stereocenters. The molecule has 1 aromatic carbocycles. The summed E-state index contributed by atoms with van der Waals surface area (Å²) in [6.45, 7) is 1.78. The highest BCUT2D eigenvalue weighted by Crippen LogP contribution is 2.29. The van der Waals surface area contributed by atoms with Crippen molar-refractivity contribution in [3.05, 3.63) is 41.7 Å². The monoisotopic (exact) mass is 303 g/mol. The topological polar surface area (TPSA) is 38.2 Å². The number of methoxy groups -OCH3 is 1. The molecule has 2 aromatic rings. The van der Waals surface area contributed by atoms with Crippen molar-refractivity contribution in [3.63, 3.8) is 0 Å². The van der Waals surface area contributed by atoms with Crippen molar-refractivity contribution in [1.82, 2.24) is 9.36 Å². The van der Waals surface area contributed by atoms with Gasteiger partial charge in [0.15, 0.2) is 0 Å². The predicted octanol–water partition coefficient (Wildman–Crippen LogP) is 2.94. The highest BCUT2D eigenvalue weighted by atomic mass is 32.1. The number of nitrogens with zero attached hydrogens (tertiary/aromatic N) is 3. The van der Waals surface area contributed by atoms with Crippen LogP contribution in [0.5, 0.6) is 0 Å². The maximum atomic E-state index is 5.09. The minimum Gasteiger partial charge on any atom is -0.384 e. The first-order chi connectivity index (χ1) is 10.4. The van der Waals surface area contributed by atoms with Gasteiger partial charge in [-0.05, 0) is 24.8 Å². The second-order valence-electron chi connectivity index (χ2n) is 5.42. The molecule has 0 aliphatic carbocycles. The average Bonchev–Trinajstić information content (AvgIpc) is 3.15. The van der Waals surface area contributed by atoms with Crippen LogP contribution in [0.15, 0.2) is 30.3 Å². The zero-order valence-corrected chi connectivity index (χ0v) is 13.2. The Morgan fingerprint density at radius 3 is 3.00 bits per heavy atom. The molecular weight excluding hydrogens is 282 g/mol. The number of aromatic nitrogens is 2. The van der Waals surface area contributed by atoms with Gasteiger partial charge in [0, 0.05) is 37.6 Å². The molecule has 1 saturated heterocycles. The van der Waals surface area contributed by atoms with Crippen molar-refractivity contribution in [2.75, 3.05) is 25.2 Å². The molecule has 5 heteroatoms. The van der Waals surface area contributed by atoms with Gasteiger partial charge in [0.1, 0.15) is 5.82 Å². The van der Waals surface area contributed by atoms with E-state index in [1.807, 2.05) is 0 Å². The summed E-state index contributed by atoms with van der Waals surface area (Å²) in [5.74, 6) is 0.905. The maximum absolute atomic E-state index is 5.09. The Morgan fingerprint density at radius 2 is 2.19 bits per heavy atom. The lowest BCUT2D eigenvalue weighted by Crippen LogP contribution is -2.30. The van der Waals surface area contributed by atoms with Crippen LogP contribution in [0.3, 0.4) is 0 Å². The van der Waals surface area contributed by atoms with Crippen LogP contribution in [0.1, 0.15) is 24.2 Å². The SMILES string of the molecule is COCCc1nsc(N2CCCC2Cc2ccccc2)n1. The Kier molecular flexibility index (Phi) is 4.83. The van der Waals surface area contributed by atoms with Gasteiger partial charge >= 0.3 is 0 Å². The van der Waals surface area contributed by atoms with Crippen molar-refractivity contribution in [2.45, 2.75) is 31.7 Å². The molecule has 2 heterocycles. The molecule has 0 bridgehead atoms. The minimum atomic E-state index is 0.552. The van der Waals surface area contributed by atoms with Gasteiger partial charge in [-0.3, -0.25) is 0 Å². The molecule has 1 aromatic heterocycles. The van der Waals surface area contributed by atoms with Crippen LogP contribution in [-0.4, -0.2) is 35.7 Å². The van der Waals surface area contributed by atoms with E-state index in [1.54, 1.807) is 7.11 Å².